The zero-order valence-electron chi connectivity index (χ0n) is 14.1. The standard InChI is InChI=1S/C18H24N4O/c1-13-11-19-7-4-17(13)23-12-16-5-8-22(9-6-16)18-10-14(2)20-15(3)21-18/h4,7,10-11,16H,5-6,8-9,12H2,1-3H3. The highest BCUT2D eigenvalue weighted by molar-refractivity contribution is 5.40. The van der Waals surface area contributed by atoms with Crippen molar-refractivity contribution in [2.24, 2.45) is 5.92 Å². The molecule has 0 radical (unpaired) electrons. The number of hydrogen-bond acceptors (Lipinski definition) is 5. The molecule has 0 bridgehead atoms. The maximum atomic E-state index is 5.97. The average Bonchev–Trinajstić information content (AvgIpc) is 2.54. The van der Waals surface area contributed by atoms with Crippen LogP contribution in [0.5, 0.6) is 5.75 Å². The Morgan fingerprint density at radius 1 is 1.17 bits per heavy atom. The molecule has 23 heavy (non-hydrogen) atoms. The van der Waals surface area contributed by atoms with Gasteiger partial charge in [0, 0.05) is 42.8 Å². The number of aromatic nitrogens is 3. The SMILES string of the molecule is Cc1cc(N2CCC(COc3ccncc3C)CC2)nc(C)n1. The summed E-state index contributed by atoms with van der Waals surface area (Å²) in [5.74, 6) is 3.45. The molecule has 2 aromatic rings. The molecule has 1 saturated heterocycles. The summed E-state index contributed by atoms with van der Waals surface area (Å²) in [7, 11) is 0. The van der Waals surface area contributed by atoms with Crippen LogP contribution < -0.4 is 9.64 Å². The molecule has 0 unspecified atom stereocenters. The Bertz CT molecular complexity index is 646. The zero-order chi connectivity index (χ0) is 16.2. The highest BCUT2D eigenvalue weighted by atomic mass is 16.5. The van der Waals surface area contributed by atoms with Crippen LogP contribution in [0.1, 0.15) is 29.9 Å². The summed E-state index contributed by atoms with van der Waals surface area (Å²) in [5.41, 5.74) is 2.13. The number of nitrogens with zero attached hydrogens (tertiary/aromatic N) is 4. The molecule has 0 N–H and O–H groups in total. The molecule has 0 atom stereocenters. The van der Waals surface area contributed by atoms with E-state index in [1.807, 2.05) is 33.0 Å². The first-order valence-corrected chi connectivity index (χ1v) is 8.22. The van der Waals surface area contributed by atoms with Gasteiger partial charge in [-0.15, -0.1) is 0 Å². The van der Waals surface area contributed by atoms with Crippen LogP contribution in [0.15, 0.2) is 24.5 Å². The number of anilines is 1. The first-order chi connectivity index (χ1) is 11.1. The van der Waals surface area contributed by atoms with E-state index in [9.17, 15) is 0 Å². The van der Waals surface area contributed by atoms with Crippen molar-refractivity contribution in [1.29, 1.82) is 0 Å². The van der Waals surface area contributed by atoms with Gasteiger partial charge in [0.1, 0.15) is 17.4 Å². The Hall–Kier alpha value is -2.17. The maximum absolute atomic E-state index is 5.97. The third-order valence-electron chi connectivity index (χ3n) is 4.33. The van der Waals surface area contributed by atoms with E-state index < -0.39 is 0 Å². The Morgan fingerprint density at radius 2 is 1.96 bits per heavy atom. The molecule has 0 aromatic carbocycles. The van der Waals surface area contributed by atoms with Crippen molar-refractivity contribution in [2.45, 2.75) is 33.6 Å². The fraction of sp³-hybridized carbons (Fsp3) is 0.500. The number of rotatable bonds is 4. The van der Waals surface area contributed by atoms with Crippen molar-refractivity contribution in [3.63, 3.8) is 0 Å². The summed E-state index contributed by atoms with van der Waals surface area (Å²) in [6.45, 7) is 8.84. The minimum atomic E-state index is 0.600. The van der Waals surface area contributed by atoms with Crippen LogP contribution in [0.2, 0.25) is 0 Å². The zero-order valence-corrected chi connectivity index (χ0v) is 14.1. The largest absolute Gasteiger partial charge is 0.493 e. The van der Waals surface area contributed by atoms with Crippen molar-refractivity contribution in [2.75, 3.05) is 24.6 Å². The minimum Gasteiger partial charge on any atom is -0.493 e. The van der Waals surface area contributed by atoms with Crippen molar-refractivity contribution in [3.05, 3.63) is 41.6 Å². The summed E-state index contributed by atoms with van der Waals surface area (Å²) in [4.78, 5) is 15.4. The Morgan fingerprint density at radius 3 is 2.65 bits per heavy atom. The van der Waals surface area contributed by atoms with E-state index >= 15 is 0 Å². The first-order valence-electron chi connectivity index (χ1n) is 8.22. The molecule has 3 heterocycles. The number of pyridine rings is 1. The molecule has 1 fully saturated rings. The number of piperidine rings is 1. The van der Waals surface area contributed by atoms with Crippen LogP contribution in [-0.2, 0) is 0 Å². The molecule has 0 saturated carbocycles. The van der Waals surface area contributed by atoms with Crippen molar-refractivity contribution >= 4 is 5.82 Å². The van der Waals surface area contributed by atoms with E-state index in [-0.39, 0.29) is 0 Å². The lowest BCUT2D eigenvalue weighted by atomic mass is 9.98. The lowest BCUT2D eigenvalue weighted by molar-refractivity contribution is 0.221. The fourth-order valence-corrected chi connectivity index (χ4v) is 3.02. The summed E-state index contributed by atoms with van der Waals surface area (Å²) in [6.07, 6.45) is 5.89. The lowest BCUT2D eigenvalue weighted by Crippen LogP contribution is -2.36. The van der Waals surface area contributed by atoms with Gasteiger partial charge in [-0.05, 0) is 45.6 Å². The predicted octanol–water partition coefficient (Wildman–Crippen LogP) is 3.09. The first kappa shape index (κ1) is 15.7. The van der Waals surface area contributed by atoms with Gasteiger partial charge in [-0.25, -0.2) is 9.97 Å². The van der Waals surface area contributed by atoms with Gasteiger partial charge in [0.05, 0.1) is 6.61 Å². The van der Waals surface area contributed by atoms with Crippen molar-refractivity contribution in [3.8, 4) is 5.75 Å². The molecular weight excluding hydrogens is 288 g/mol. The lowest BCUT2D eigenvalue weighted by Gasteiger charge is -2.33. The second-order valence-corrected chi connectivity index (χ2v) is 6.30. The van der Waals surface area contributed by atoms with Gasteiger partial charge in [-0.3, -0.25) is 4.98 Å². The quantitative estimate of drug-likeness (QED) is 0.868. The molecule has 5 heteroatoms. The molecule has 0 spiro atoms. The molecule has 1 aliphatic heterocycles. The van der Waals surface area contributed by atoms with Crippen LogP contribution in [0.4, 0.5) is 5.82 Å². The summed E-state index contributed by atoms with van der Waals surface area (Å²) < 4.78 is 5.97. The Labute approximate surface area is 137 Å². The number of ether oxygens (including phenoxy) is 1. The molecule has 5 nitrogen and oxygen atoms in total. The molecule has 122 valence electrons. The van der Waals surface area contributed by atoms with Crippen LogP contribution in [0, 0.1) is 26.7 Å². The van der Waals surface area contributed by atoms with Gasteiger partial charge >= 0.3 is 0 Å². The van der Waals surface area contributed by atoms with Gasteiger partial charge < -0.3 is 9.64 Å². The third-order valence-corrected chi connectivity index (χ3v) is 4.33. The van der Waals surface area contributed by atoms with Crippen LogP contribution >= 0.6 is 0 Å². The van der Waals surface area contributed by atoms with Gasteiger partial charge in [-0.1, -0.05) is 0 Å². The maximum Gasteiger partial charge on any atom is 0.132 e. The molecule has 2 aromatic heterocycles. The van der Waals surface area contributed by atoms with E-state index in [1.165, 1.54) is 0 Å². The number of aryl methyl sites for hydroxylation is 3. The monoisotopic (exact) mass is 312 g/mol. The van der Waals surface area contributed by atoms with Gasteiger partial charge in [-0.2, -0.15) is 0 Å². The highest BCUT2D eigenvalue weighted by Crippen LogP contribution is 2.24. The van der Waals surface area contributed by atoms with E-state index in [0.29, 0.717) is 5.92 Å². The smallest absolute Gasteiger partial charge is 0.132 e. The second kappa shape index (κ2) is 6.94. The summed E-state index contributed by atoms with van der Waals surface area (Å²) >= 11 is 0. The fourth-order valence-electron chi connectivity index (χ4n) is 3.02. The molecule has 0 amide bonds. The summed E-state index contributed by atoms with van der Waals surface area (Å²) in [5, 5.41) is 0. The summed E-state index contributed by atoms with van der Waals surface area (Å²) in [6, 6.07) is 4.01. The molecule has 3 rings (SSSR count). The van der Waals surface area contributed by atoms with Crippen molar-refractivity contribution in [1.82, 2.24) is 15.0 Å². The van der Waals surface area contributed by atoms with E-state index in [2.05, 4.69) is 25.9 Å². The highest BCUT2D eigenvalue weighted by Gasteiger charge is 2.21. The molecule has 1 aliphatic rings. The average molecular weight is 312 g/mol. The van der Waals surface area contributed by atoms with Crippen molar-refractivity contribution < 1.29 is 4.74 Å². The Kier molecular flexibility index (Phi) is 4.74. The Balaban J connectivity index is 1.53. The number of hydrogen-bond donors (Lipinski definition) is 0. The minimum absolute atomic E-state index is 0.600. The van der Waals surface area contributed by atoms with E-state index in [0.717, 1.165) is 61.2 Å². The van der Waals surface area contributed by atoms with Gasteiger partial charge in [0.2, 0.25) is 0 Å². The van der Waals surface area contributed by atoms with E-state index in [4.69, 9.17) is 4.74 Å². The second-order valence-electron chi connectivity index (χ2n) is 6.30. The molecular formula is C18H24N4O. The molecule has 0 aliphatic carbocycles. The van der Waals surface area contributed by atoms with Crippen LogP contribution in [-0.4, -0.2) is 34.6 Å². The van der Waals surface area contributed by atoms with Gasteiger partial charge in [0.25, 0.3) is 0 Å². The van der Waals surface area contributed by atoms with E-state index in [1.54, 1.807) is 6.20 Å². The van der Waals surface area contributed by atoms with Crippen LogP contribution in [0.25, 0.3) is 0 Å². The van der Waals surface area contributed by atoms with Crippen LogP contribution in [0.3, 0.4) is 0 Å². The third kappa shape index (κ3) is 3.97. The van der Waals surface area contributed by atoms with Gasteiger partial charge in [0.15, 0.2) is 0 Å². The topological polar surface area (TPSA) is 51.1 Å². The predicted molar refractivity (Wildman–Crippen MR) is 90.9 cm³/mol. The normalized spacial score (nSPS) is 15.7.